The Labute approximate surface area is 72.6 Å². The van der Waals surface area contributed by atoms with Crippen LogP contribution in [0.2, 0.25) is 0 Å². The third kappa shape index (κ3) is 1.26. The molecule has 1 aliphatic carbocycles. The Morgan fingerprint density at radius 3 is 2.25 bits per heavy atom. The van der Waals surface area contributed by atoms with E-state index in [-0.39, 0.29) is 11.3 Å². The minimum Gasteiger partial charge on any atom is -0.378 e. The van der Waals surface area contributed by atoms with Crippen LogP contribution in [0.15, 0.2) is 0 Å². The maximum atomic E-state index is 11.6. The van der Waals surface area contributed by atoms with E-state index in [9.17, 15) is 8.42 Å². The van der Waals surface area contributed by atoms with E-state index in [2.05, 4.69) is 0 Å². The molecule has 0 amide bonds. The predicted molar refractivity (Wildman–Crippen MR) is 44.3 cm³/mol. The molecule has 0 N–H and O–H groups in total. The number of ether oxygens (including phenoxy) is 1. The number of hydrogen-bond donors (Lipinski definition) is 0. The van der Waals surface area contributed by atoms with Crippen LogP contribution in [0.5, 0.6) is 0 Å². The Hall–Kier alpha value is -0.130. The fraction of sp³-hybridized carbons (Fsp3) is 1.00. The molecule has 2 fully saturated rings. The minimum atomic E-state index is -3.03. The number of nitrogens with zero attached hydrogens (tertiary/aromatic N) is 1. The first-order valence-corrected chi connectivity index (χ1v) is 5.67. The maximum absolute atomic E-state index is 11.6. The van der Waals surface area contributed by atoms with Gasteiger partial charge in [-0.3, -0.25) is 0 Å². The van der Waals surface area contributed by atoms with Crippen molar-refractivity contribution in [3.8, 4) is 0 Å². The normalized spacial score (nSPS) is 25.8. The van der Waals surface area contributed by atoms with Crippen molar-refractivity contribution in [2.75, 3.05) is 20.3 Å². The van der Waals surface area contributed by atoms with E-state index < -0.39 is 10.0 Å². The van der Waals surface area contributed by atoms with Gasteiger partial charge in [0.25, 0.3) is 0 Å². The lowest BCUT2D eigenvalue weighted by Gasteiger charge is -2.29. The van der Waals surface area contributed by atoms with Crippen LogP contribution in [0.25, 0.3) is 0 Å². The number of hydrogen-bond acceptors (Lipinski definition) is 3. The van der Waals surface area contributed by atoms with Gasteiger partial charge in [0.15, 0.2) is 0 Å². The van der Waals surface area contributed by atoms with E-state index in [0.29, 0.717) is 13.2 Å². The highest BCUT2D eigenvalue weighted by atomic mass is 32.2. The first kappa shape index (κ1) is 8.47. The molecule has 4 nitrogen and oxygen atoms in total. The van der Waals surface area contributed by atoms with E-state index in [0.717, 1.165) is 12.8 Å². The van der Waals surface area contributed by atoms with Crippen molar-refractivity contribution >= 4 is 10.0 Å². The molecule has 70 valence electrons. The second-order valence-electron chi connectivity index (χ2n) is 3.45. The van der Waals surface area contributed by atoms with Gasteiger partial charge in [0.2, 0.25) is 10.0 Å². The van der Waals surface area contributed by atoms with E-state index in [1.165, 1.54) is 4.31 Å². The van der Waals surface area contributed by atoms with E-state index in [4.69, 9.17) is 4.74 Å². The molecular formula is C7H13NO3S. The molecular weight excluding hydrogens is 178 g/mol. The van der Waals surface area contributed by atoms with Gasteiger partial charge in [0.1, 0.15) is 5.25 Å². The summed E-state index contributed by atoms with van der Waals surface area (Å²) in [5.74, 6) is 0. The van der Waals surface area contributed by atoms with Crippen molar-refractivity contribution in [2.45, 2.75) is 24.1 Å². The lowest BCUT2D eigenvalue weighted by Crippen LogP contribution is -2.48. The number of rotatable bonds is 3. The van der Waals surface area contributed by atoms with Gasteiger partial charge in [-0.2, -0.15) is 0 Å². The molecule has 0 aromatic rings. The molecule has 0 radical (unpaired) electrons. The highest BCUT2D eigenvalue weighted by Gasteiger charge is 2.41. The van der Waals surface area contributed by atoms with Crippen molar-refractivity contribution in [3.05, 3.63) is 0 Å². The summed E-state index contributed by atoms with van der Waals surface area (Å²) in [4.78, 5) is 0. The Morgan fingerprint density at radius 2 is 1.92 bits per heavy atom. The van der Waals surface area contributed by atoms with Crippen LogP contribution in [-0.4, -0.2) is 44.3 Å². The highest BCUT2D eigenvalue weighted by Crippen LogP contribution is 2.30. The lowest BCUT2D eigenvalue weighted by atomic mass is 10.4. The summed E-state index contributed by atoms with van der Waals surface area (Å²) in [6, 6.07) is 0.274. The Morgan fingerprint density at radius 1 is 1.33 bits per heavy atom. The van der Waals surface area contributed by atoms with Gasteiger partial charge in [0.05, 0.1) is 13.2 Å². The Balaban J connectivity index is 2.07. The average molecular weight is 191 g/mol. The molecule has 0 bridgehead atoms. The van der Waals surface area contributed by atoms with Gasteiger partial charge in [-0.15, -0.1) is 0 Å². The maximum Gasteiger partial charge on any atom is 0.221 e. The monoisotopic (exact) mass is 191 g/mol. The molecule has 5 heteroatoms. The second kappa shape index (κ2) is 2.68. The summed E-state index contributed by atoms with van der Waals surface area (Å²) in [6.45, 7) is 0.749. The van der Waals surface area contributed by atoms with Crippen LogP contribution in [0.4, 0.5) is 0 Å². The van der Waals surface area contributed by atoms with Gasteiger partial charge in [-0.1, -0.05) is 0 Å². The minimum absolute atomic E-state index is 0.274. The molecule has 2 rings (SSSR count). The van der Waals surface area contributed by atoms with Crippen molar-refractivity contribution in [1.82, 2.24) is 4.31 Å². The average Bonchev–Trinajstić information content (AvgIpc) is 2.61. The largest absolute Gasteiger partial charge is 0.378 e. The third-order valence-corrected chi connectivity index (χ3v) is 4.71. The molecule has 0 unspecified atom stereocenters. The molecule has 0 aromatic carbocycles. The van der Waals surface area contributed by atoms with Gasteiger partial charge in [-0.05, 0) is 12.8 Å². The molecule has 1 saturated carbocycles. The molecule has 2 aliphatic rings. The van der Waals surface area contributed by atoms with Gasteiger partial charge in [0, 0.05) is 13.1 Å². The van der Waals surface area contributed by atoms with E-state index in [1.54, 1.807) is 7.05 Å². The zero-order valence-electron chi connectivity index (χ0n) is 7.06. The standard InChI is InChI=1S/C7H13NO3S/c1-8(6-2-3-6)12(9,10)7-4-11-5-7/h6-7H,2-5H2,1H3. The molecule has 1 heterocycles. The first-order chi connectivity index (χ1) is 5.62. The van der Waals surface area contributed by atoms with E-state index in [1.807, 2.05) is 0 Å². The highest BCUT2D eigenvalue weighted by molar-refractivity contribution is 7.89. The number of sulfonamides is 1. The van der Waals surface area contributed by atoms with Crippen LogP contribution in [0.3, 0.4) is 0 Å². The van der Waals surface area contributed by atoms with Gasteiger partial charge >= 0.3 is 0 Å². The van der Waals surface area contributed by atoms with Gasteiger partial charge < -0.3 is 4.74 Å². The smallest absolute Gasteiger partial charge is 0.221 e. The zero-order chi connectivity index (χ0) is 8.77. The summed E-state index contributed by atoms with van der Waals surface area (Å²) < 4.78 is 29.7. The quantitative estimate of drug-likeness (QED) is 0.621. The predicted octanol–water partition coefficient (Wildman–Crippen LogP) is -0.191. The summed E-state index contributed by atoms with van der Waals surface area (Å²) >= 11 is 0. The van der Waals surface area contributed by atoms with Crippen molar-refractivity contribution in [1.29, 1.82) is 0 Å². The molecule has 0 spiro atoms. The molecule has 12 heavy (non-hydrogen) atoms. The summed E-state index contributed by atoms with van der Waals surface area (Å²) in [6.07, 6.45) is 2.03. The topological polar surface area (TPSA) is 46.6 Å². The molecule has 1 aliphatic heterocycles. The fourth-order valence-electron chi connectivity index (χ4n) is 1.27. The Kier molecular flexibility index (Phi) is 1.89. The second-order valence-corrected chi connectivity index (χ2v) is 5.72. The van der Waals surface area contributed by atoms with Crippen LogP contribution in [-0.2, 0) is 14.8 Å². The SMILES string of the molecule is CN(C1CC1)S(=O)(=O)C1COC1. The summed E-state index contributed by atoms with van der Waals surface area (Å²) in [5.41, 5.74) is 0. The summed E-state index contributed by atoms with van der Waals surface area (Å²) in [5, 5.41) is -0.275. The third-order valence-electron chi connectivity index (χ3n) is 2.49. The first-order valence-electron chi connectivity index (χ1n) is 4.17. The zero-order valence-corrected chi connectivity index (χ0v) is 7.88. The van der Waals surface area contributed by atoms with Crippen LogP contribution in [0.1, 0.15) is 12.8 Å². The lowest BCUT2D eigenvalue weighted by molar-refractivity contribution is 0.0394. The van der Waals surface area contributed by atoms with Crippen LogP contribution < -0.4 is 0 Å². The molecule has 0 atom stereocenters. The van der Waals surface area contributed by atoms with Crippen LogP contribution in [0, 0.1) is 0 Å². The molecule has 1 saturated heterocycles. The fourth-order valence-corrected chi connectivity index (χ4v) is 2.90. The summed E-state index contributed by atoms with van der Waals surface area (Å²) in [7, 11) is -1.36. The van der Waals surface area contributed by atoms with Crippen molar-refractivity contribution in [3.63, 3.8) is 0 Å². The van der Waals surface area contributed by atoms with Crippen molar-refractivity contribution < 1.29 is 13.2 Å². The van der Waals surface area contributed by atoms with E-state index >= 15 is 0 Å². The van der Waals surface area contributed by atoms with Crippen molar-refractivity contribution in [2.24, 2.45) is 0 Å². The van der Waals surface area contributed by atoms with Crippen LogP contribution >= 0.6 is 0 Å². The van der Waals surface area contributed by atoms with Gasteiger partial charge in [-0.25, -0.2) is 12.7 Å². The Bertz CT molecular complexity index is 266. The molecule has 0 aromatic heterocycles.